The second-order valence-corrected chi connectivity index (χ2v) is 8.03. The average Bonchev–Trinajstić information content (AvgIpc) is 2.66. The second kappa shape index (κ2) is 14.0. The Labute approximate surface area is 190 Å². The van der Waals surface area contributed by atoms with Crippen molar-refractivity contribution >= 4 is 35.6 Å². The minimum absolute atomic E-state index is 0.105. The van der Waals surface area contributed by atoms with Crippen molar-refractivity contribution in [3.8, 4) is 0 Å². The Kier molecular flexibility index (Phi) is 12.6. The van der Waals surface area contributed by atoms with Gasteiger partial charge in [-0.3, -0.25) is 24.0 Å². The molecule has 0 radical (unpaired) electrons. The molecule has 0 aromatic rings. The van der Waals surface area contributed by atoms with E-state index < -0.39 is 78.7 Å². The number of nitrogens with two attached hydrogens (primary N) is 2. The van der Waals surface area contributed by atoms with Crippen LogP contribution in [0.2, 0.25) is 0 Å². The molecule has 0 saturated carbocycles. The number of nitrogens with one attached hydrogen (secondary N) is 3. The van der Waals surface area contributed by atoms with Gasteiger partial charge in [0.05, 0.1) is 18.6 Å². The fourth-order valence-electron chi connectivity index (χ4n) is 2.74. The van der Waals surface area contributed by atoms with Crippen molar-refractivity contribution in [1.29, 1.82) is 0 Å². The van der Waals surface area contributed by atoms with Crippen LogP contribution in [0.5, 0.6) is 0 Å². The van der Waals surface area contributed by atoms with Gasteiger partial charge in [-0.05, 0) is 25.7 Å². The van der Waals surface area contributed by atoms with Crippen LogP contribution in [0.15, 0.2) is 0 Å². The number of amides is 4. The Balaban J connectivity index is 5.58. The van der Waals surface area contributed by atoms with E-state index in [1.54, 1.807) is 13.8 Å². The molecule has 0 heterocycles. The maximum Gasteiger partial charge on any atom is 0.328 e. The molecular weight excluding hydrogens is 442 g/mol. The Hall–Kier alpha value is -3.26. The van der Waals surface area contributed by atoms with Gasteiger partial charge >= 0.3 is 11.9 Å². The van der Waals surface area contributed by atoms with Crippen LogP contribution >= 0.6 is 0 Å². The first kappa shape index (κ1) is 29.7. The van der Waals surface area contributed by atoms with Crippen molar-refractivity contribution in [2.45, 2.75) is 76.7 Å². The van der Waals surface area contributed by atoms with E-state index in [-0.39, 0.29) is 18.8 Å². The first-order valence-corrected chi connectivity index (χ1v) is 10.2. The van der Waals surface area contributed by atoms with Crippen LogP contribution in [0.25, 0.3) is 0 Å². The highest BCUT2D eigenvalue weighted by Gasteiger charge is 2.32. The molecule has 0 saturated heterocycles. The van der Waals surface area contributed by atoms with Crippen LogP contribution in [-0.2, 0) is 28.8 Å². The monoisotopic (exact) mass is 475 g/mol. The van der Waals surface area contributed by atoms with Gasteiger partial charge < -0.3 is 42.7 Å². The molecule has 33 heavy (non-hydrogen) atoms. The zero-order chi connectivity index (χ0) is 25.9. The van der Waals surface area contributed by atoms with E-state index in [9.17, 15) is 33.9 Å². The summed E-state index contributed by atoms with van der Waals surface area (Å²) in [6.07, 6.45) is -2.74. The number of carboxylic acids is 2. The summed E-state index contributed by atoms with van der Waals surface area (Å²) in [5, 5.41) is 34.3. The lowest BCUT2D eigenvalue weighted by atomic mass is 10.0. The maximum absolute atomic E-state index is 12.8. The van der Waals surface area contributed by atoms with E-state index in [4.69, 9.17) is 21.7 Å². The lowest BCUT2D eigenvalue weighted by Gasteiger charge is -2.26. The summed E-state index contributed by atoms with van der Waals surface area (Å²) in [5.74, 6) is -6.44. The molecule has 0 aromatic heterocycles. The van der Waals surface area contributed by atoms with Crippen molar-refractivity contribution < 1.29 is 44.1 Å². The SMILES string of the molecule is CC(C)CC(NC(=O)C(N)CC(N)=O)C(=O)NC(CCC(=O)O)C(=O)NC(C(=O)O)C(C)O. The Morgan fingerprint density at radius 3 is 1.79 bits per heavy atom. The molecular formula is C19H33N5O9. The third kappa shape index (κ3) is 11.8. The summed E-state index contributed by atoms with van der Waals surface area (Å²) in [6, 6.07) is -5.67. The minimum Gasteiger partial charge on any atom is -0.481 e. The summed E-state index contributed by atoms with van der Waals surface area (Å²) in [6.45, 7) is 4.64. The predicted molar refractivity (Wildman–Crippen MR) is 113 cm³/mol. The quantitative estimate of drug-likeness (QED) is 0.119. The van der Waals surface area contributed by atoms with Gasteiger partial charge in [0.1, 0.15) is 12.1 Å². The molecule has 5 unspecified atom stereocenters. The lowest BCUT2D eigenvalue weighted by Crippen LogP contribution is -2.58. The summed E-state index contributed by atoms with van der Waals surface area (Å²) < 4.78 is 0. The third-order valence-electron chi connectivity index (χ3n) is 4.42. The molecule has 0 rings (SSSR count). The molecule has 0 spiro atoms. The van der Waals surface area contributed by atoms with Gasteiger partial charge in [-0.15, -0.1) is 0 Å². The van der Waals surface area contributed by atoms with Crippen molar-refractivity contribution in [2.75, 3.05) is 0 Å². The van der Waals surface area contributed by atoms with Crippen LogP contribution in [0.3, 0.4) is 0 Å². The fourth-order valence-corrected chi connectivity index (χ4v) is 2.74. The van der Waals surface area contributed by atoms with Crippen molar-refractivity contribution in [1.82, 2.24) is 16.0 Å². The predicted octanol–water partition coefficient (Wildman–Crippen LogP) is -2.98. The minimum atomic E-state index is -1.69. The maximum atomic E-state index is 12.8. The molecule has 0 aliphatic carbocycles. The molecule has 5 atom stereocenters. The highest BCUT2D eigenvalue weighted by atomic mass is 16.4. The summed E-state index contributed by atoms with van der Waals surface area (Å²) >= 11 is 0. The van der Waals surface area contributed by atoms with Crippen molar-refractivity contribution in [3.63, 3.8) is 0 Å². The number of hydrogen-bond acceptors (Lipinski definition) is 8. The lowest BCUT2D eigenvalue weighted by molar-refractivity contribution is -0.145. The zero-order valence-electron chi connectivity index (χ0n) is 18.7. The van der Waals surface area contributed by atoms with Crippen LogP contribution in [0, 0.1) is 5.92 Å². The number of carbonyl (C=O) groups is 6. The Morgan fingerprint density at radius 1 is 0.848 bits per heavy atom. The molecule has 14 heteroatoms. The van der Waals surface area contributed by atoms with E-state index in [2.05, 4.69) is 16.0 Å². The highest BCUT2D eigenvalue weighted by molar-refractivity contribution is 5.95. The van der Waals surface area contributed by atoms with Crippen LogP contribution in [-0.4, -0.2) is 81.2 Å². The molecule has 0 fully saturated rings. The number of aliphatic hydroxyl groups excluding tert-OH is 1. The number of aliphatic hydroxyl groups is 1. The fraction of sp³-hybridized carbons (Fsp3) is 0.684. The molecule has 4 amide bonds. The Bertz CT molecular complexity index is 741. The van der Waals surface area contributed by atoms with Gasteiger partial charge in [0.15, 0.2) is 6.04 Å². The standard InChI is InChI=1S/C19H33N5O9/c1-8(2)6-12(23-16(29)10(20)7-13(21)26)18(31)22-11(4-5-14(27)28)17(30)24-15(9(3)25)19(32)33/h8-12,15,25H,4-7,20H2,1-3H3,(H2,21,26)(H,22,31)(H,23,29)(H,24,30)(H,27,28)(H,32,33). The van der Waals surface area contributed by atoms with E-state index in [1.807, 2.05) is 0 Å². The van der Waals surface area contributed by atoms with Gasteiger partial charge in [-0.1, -0.05) is 13.8 Å². The van der Waals surface area contributed by atoms with Gasteiger partial charge in [0.2, 0.25) is 23.6 Å². The molecule has 0 aromatic carbocycles. The van der Waals surface area contributed by atoms with Gasteiger partial charge in [0.25, 0.3) is 0 Å². The molecule has 14 nitrogen and oxygen atoms in total. The second-order valence-electron chi connectivity index (χ2n) is 8.03. The van der Waals surface area contributed by atoms with E-state index >= 15 is 0 Å². The summed E-state index contributed by atoms with van der Waals surface area (Å²) in [4.78, 5) is 70.8. The normalized spacial score (nSPS) is 15.5. The molecule has 0 bridgehead atoms. The van der Waals surface area contributed by atoms with E-state index in [1.165, 1.54) is 0 Å². The van der Waals surface area contributed by atoms with Gasteiger partial charge in [-0.25, -0.2) is 4.79 Å². The number of carboxylic acid groups (broad SMARTS) is 2. The third-order valence-corrected chi connectivity index (χ3v) is 4.42. The van der Waals surface area contributed by atoms with Crippen molar-refractivity contribution in [2.24, 2.45) is 17.4 Å². The van der Waals surface area contributed by atoms with Crippen LogP contribution < -0.4 is 27.4 Å². The van der Waals surface area contributed by atoms with Crippen LogP contribution in [0.4, 0.5) is 0 Å². The summed E-state index contributed by atoms with van der Waals surface area (Å²) in [5.41, 5.74) is 10.6. The molecule has 0 aliphatic heterocycles. The number of carbonyl (C=O) groups excluding carboxylic acids is 4. The largest absolute Gasteiger partial charge is 0.481 e. The van der Waals surface area contributed by atoms with Gasteiger partial charge in [-0.2, -0.15) is 0 Å². The van der Waals surface area contributed by atoms with Crippen molar-refractivity contribution in [3.05, 3.63) is 0 Å². The topological polar surface area (TPSA) is 251 Å². The van der Waals surface area contributed by atoms with Gasteiger partial charge in [0, 0.05) is 6.42 Å². The number of aliphatic carboxylic acids is 2. The zero-order valence-corrected chi connectivity index (χ0v) is 18.7. The first-order valence-electron chi connectivity index (χ1n) is 10.2. The number of primary amides is 1. The smallest absolute Gasteiger partial charge is 0.328 e. The Morgan fingerprint density at radius 2 is 1.36 bits per heavy atom. The number of rotatable bonds is 15. The van der Waals surface area contributed by atoms with E-state index in [0.717, 1.165) is 6.92 Å². The molecule has 0 aliphatic rings. The van der Waals surface area contributed by atoms with E-state index in [0.29, 0.717) is 0 Å². The average molecular weight is 475 g/mol. The summed E-state index contributed by atoms with van der Waals surface area (Å²) in [7, 11) is 0. The molecule has 10 N–H and O–H groups in total. The number of hydrogen-bond donors (Lipinski definition) is 8. The first-order chi connectivity index (χ1) is 15.1. The molecule has 188 valence electrons. The van der Waals surface area contributed by atoms with Crippen LogP contribution in [0.1, 0.15) is 46.5 Å². The highest BCUT2D eigenvalue weighted by Crippen LogP contribution is 2.08.